The first kappa shape index (κ1) is 17.3. The quantitative estimate of drug-likeness (QED) is 0.555. The fraction of sp³-hybridized carbons (Fsp3) is 0.200. The molecule has 3 heterocycles. The summed E-state index contributed by atoms with van der Waals surface area (Å²) < 4.78 is 8.58. The number of aliphatic hydroxyl groups excluding tert-OH is 1. The SMILES string of the molecule is COc1cccc(Cn2ncc3c(c(C#CCO)n4cc(C)sc34)c2=O)c1. The lowest BCUT2D eigenvalue weighted by molar-refractivity contribution is 0.350. The Morgan fingerprint density at radius 3 is 3.00 bits per heavy atom. The summed E-state index contributed by atoms with van der Waals surface area (Å²) in [5.74, 6) is 6.32. The van der Waals surface area contributed by atoms with Crippen molar-refractivity contribution < 1.29 is 9.84 Å². The minimum absolute atomic E-state index is 0.203. The van der Waals surface area contributed by atoms with Crippen LogP contribution in [0.2, 0.25) is 0 Å². The lowest BCUT2D eigenvalue weighted by Gasteiger charge is -2.06. The third-order valence-electron chi connectivity index (χ3n) is 4.29. The smallest absolute Gasteiger partial charge is 0.277 e. The lowest BCUT2D eigenvalue weighted by Crippen LogP contribution is -2.23. The highest BCUT2D eigenvalue weighted by molar-refractivity contribution is 7.18. The van der Waals surface area contributed by atoms with E-state index in [2.05, 4.69) is 16.9 Å². The second-order valence-corrected chi connectivity index (χ2v) is 7.31. The zero-order valence-corrected chi connectivity index (χ0v) is 15.7. The number of nitrogens with zero attached hydrogens (tertiary/aromatic N) is 3. The summed E-state index contributed by atoms with van der Waals surface area (Å²) in [5, 5.41) is 14.8. The van der Waals surface area contributed by atoms with Crippen LogP contribution in [0.25, 0.3) is 15.6 Å². The number of aromatic nitrogens is 3. The molecule has 6 nitrogen and oxygen atoms in total. The molecular weight excluding hydrogens is 362 g/mol. The van der Waals surface area contributed by atoms with Crippen molar-refractivity contribution in [3.05, 3.63) is 63.1 Å². The lowest BCUT2D eigenvalue weighted by atomic mass is 10.2. The number of aliphatic hydroxyl groups is 1. The summed E-state index contributed by atoms with van der Waals surface area (Å²) >= 11 is 1.59. The molecule has 3 aromatic heterocycles. The van der Waals surface area contributed by atoms with Crippen LogP contribution in [0.1, 0.15) is 16.1 Å². The molecule has 0 amide bonds. The van der Waals surface area contributed by atoms with Gasteiger partial charge in [-0.3, -0.25) is 9.20 Å². The van der Waals surface area contributed by atoms with Gasteiger partial charge in [-0.25, -0.2) is 4.68 Å². The molecule has 0 atom stereocenters. The zero-order valence-electron chi connectivity index (χ0n) is 14.9. The Hall–Kier alpha value is -3.08. The van der Waals surface area contributed by atoms with Gasteiger partial charge < -0.3 is 9.84 Å². The van der Waals surface area contributed by atoms with Gasteiger partial charge in [-0.2, -0.15) is 5.10 Å². The number of aryl methyl sites for hydroxylation is 1. The van der Waals surface area contributed by atoms with Gasteiger partial charge in [0.15, 0.2) is 0 Å². The molecule has 0 aliphatic heterocycles. The molecule has 7 heteroatoms. The van der Waals surface area contributed by atoms with Crippen LogP contribution in [0, 0.1) is 18.8 Å². The van der Waals surface area contributed by atoms with E-state index >= 15 is 0 Å². The molecule has 0 aliphatic rings. The first-order valence-corrected chi connectivity index (χ1v) is 9.17. The fourth-order valence-corrected chi connectivity index (χ4v) is 4.09. The van der Waals surface area contributed by atoms with E-state index in [4.69, 9.17) is 9.84 Å². The van der Waals surface area contributed by atoms with Crippen LogP contribution in [-0.2, 0) is 6.54 Å². The molecule has 27 heavy (non-hydrogen) atoms. The molecule has 0 fully saturated rings. The molecule has 0 saturated heterocycles. The average molecular weight is 379 g/mol. The van der Waals surface area contributed by atoms with Crippen molar-refractivity contribution in [2.45, 2.75) is 13.5 Å². The van der Waals surface area contributed by atoms with Crippen LogP contribution in [0.15, 0.2) is 41.5 Å². The number of methoxy groups -OCH3 is 1. The third-order valence-corrected chi connectivity index (χ3v) is 5.33. The van der Waals surface area contributed by atoms with Gasteiger partial charge in [-0.15, -0.1) is 11.3 Å². The summed E-state index contributed by atoms with van der Waals surface area (Å²) in [4.78, 5) is 15.2. The van der Waals surface area contributed by atoms with E-state index in [0.717, 1.165) is 26.4 Å². The van der Waals surface area contributed by atoms with Crippen molar-refractivity contribution in [1.82, 2.24) is 14.2 Å². The van der Waals surface area contributed by atoms with E-state index in [1.165, 1.54) is 4.68 Å². The molecule has 4 aromatic rings. The number of hydrogen-bond donors (Lipinski definition) is 1. The van der Waals surface area contributed by atoms with Gasteiger partial charge in [-0.1, -0.05) is 18.1 Å². The normalized spacial score (nSPS) is 10.9. The van der Waals surface area contributed by atoms with Crippen LogP contribution >= 0.6 is 11.3 Å². The summed E-state index contributed by atoms with van der Waals surface area (Å²) in [6.07, 6.45) is 3.67. The number of rotatable bonds is 3. The maximum Gasteiger partial charge on any atom is 0.277 e. The highest BCUT2D eigenvalue weighted by atomic mass is 32.1. The minimum atomic E-state index is -0.263. The Morgan fingerprint density at radius 1 is 1.37 bits per heavy atom. The molecule has 0 radical (unpaired) electrons. The molecule has 0 aliphatic carbocycles. The van der Waals surface area contributed by atoms with Gasteiger partial charge in [0.1, 0.15) is 22.9 Å². The second kappa shape index (κ2) is 6.91. The Kier molecular flexibility index (Phi) is 4.44. The average Bonchev–Trinajstić information content (AvgIpc) is 3.18. The van der Waals surface area contributed by atoms with Crippen LogP contribution in [0.3, 0.4) is 0 Å². The van der Waals surface area contributed by atoms with Gasteiger partial charge in [0.25, 0.3) is 5.56 Å². The fourth-order valence-electron chi connectivity index (χ4n) is 3.12. The van der Waals surface area contributed by atoms with Crippen molar-refractivity contribution >= 4 is 26.9 Å². The minimum Gasteiger partial charge on any atom is -0.497 e. The molecule has 4 rings (SSSR count). The highest BCUT2D eigenvalue weighted by Crippen LogP contribution is 2.29. The zero-order chi connectivity index (χ0) is 19.0. The van der Waals surface area contributed by atoms with Gasteiger partial charge in [0, 0.05) is 16.5 Å². The number of fused-ring (bicyclic) bond motifs is 3. The van der Waals surface area contributed by atoms with Crippen molar-refractivity contribution in [2.24, 2.45) is 0 Å². The van der Waals surface area contributed by atoms with E-state index in [1.807, 2.05) is 41.8 Å². The predicted octanol–water partition coefficient (Wildman–Crippen LogP) is 2.42. The van der Waals surface area contributed by atoms with Crippen molar-refractivity contribution in [3.63, 3.8) is 0 Å². The molecular formula is C20H17N3O3S. The Balaban J connectivity index is 1.91. The van der Waals surface area contributed by atoms with Crippen LogP contribution in [-0.4, -0.2) is 33.0 Å². The van der Waals surface area contributed by atoms with E-state index in [-0.39, 0.29) is 12.2 Å². The number of thiazole rings is 1. The van der Waals surface area contributed by atoms with E-state index in [9.17, 15) is 4.79 Å². The summed E-state index contributed by atoms with van der Waals surface area (Å²) in [6.45, 7) is 2.08. The first-order valence-electron chi connectivity index (χ1n) is 8.35. The maximum absolute atomic E-state index is 13.2. The Morgan fingerprint density at radius 2 is 2.22 bits per heavy atom. The standard InChI is InChI=1S/C20H17N3O3S/c1-13-11-22-17(7-4-8-24)18-16(20(22)27-13)10-21-23(19(18)25)12-14-5-3-6-15(9-14)26-2/h3,5-6,9-11,24H,8,12H2,1-2H3. The third kappa shape index (κ3) is 2.99. The van der Waals surface area contributed by atoms with Crippen molar-refractivity contribution in [1.29, 1.82) is 0 Å². The summed E-state index contributed by atoms with van der Waals surface area (Å²) in [6, 6.07) is 7.55. The summed E-state index contributed by atoms with van der Waals surface area (Å²) in [5.41, 5.74) is 1.31. The van der Waals surface area contributed by atoms with E-state index < -0.39 is 0 Å². The first-order chi connectivity index (χ1) is 13.1. The van der Waals surface area contributed by atoms with Crippen molar-refractivity contribution in [2.75, 3.05) is 13.7 Å². The topological polar surface area (TPSA) is 68.8 Å². The van der Waals surface area contributed by atoms with E-state index in [1.54, 1.807) is 24.6 Å². The number of hydrogen-bond acceptors (Lipinski definition) is 5. The second-order valence-electron chi connectivity index (χ2n) is 6.07. The molecule has 0 unspecified atom stereocenters. The predicted molar refractivity (Wildman–Crippen MR) is 106 cm³/mol. The van der Waals surface area contributed by atoms with Gasteiger partial charge in [0.05, 0.1) is 25.2 Å². The monoisotopic (exact) mass is 379 g/mol. The largest absolute Gasteiger partial charge is 0.497 e. The summed E-state index contributed by atoms with van der Waals surface area (Å²) in [7, 11) is 1.61. The number of benzene rings is 1. The van der Waals surface area contributed by atoms with Crippen molar-refractivity contribution in [3.8, 4) is 17.6 Å². The Bertz CT molecular complexity index is 1270. The van der Waals surface area contributed by atoms with Gasteiger partial charge in [-0.05, 0) is 30.5 Å². The Labute approximate surface area is 159 Å². The molecule has 1 aromatic carbocycles. The molecule has 1 N–H and O–H groups in total. The number of ether oxygens (including phenoxy) is 1. The highest BCUT2D eigenvalue weighted by Gasteiger charge is 2.18. The maximum atomic E-state index is 13.2. The molecule has 0 bridgehead atoms. The van der Waals surface area contributed by atoms with Gasteiger partial charge in [0.2, 0.25) is 0 Å². The van der Waals surface area contributed by atoms with E-state index in [0.29, 0.717) is 17.6 Å². The van der Waals surface area contributed by atoms with Crippen LogP contribution in [0.4, 0.5) is 0 Å². The van der Waals surface area contributed by atoms with Gasteiger partial charge >= 0.3 is 0 Å². The molecule has 0 spiro atoms. The molecule has 0 saturated carbocycles. The molecule has 136 valence electrons. The van der Waals surface area contributed by atoms with Crippen LogP contribution in [0.5, 0.6) is 5.75 Å². The van der Waals surface area contributed by atoms with Crippen LogP contribution < -0.4 is 10.3 Å².